The molecule has 1 aromatic carbocycles. The normalized spacial score (nSPS) is 10.3. The van der Waals surface area contributed by atoms with Gasteiger partial charge in [0, 0.05) is 18.8 Å². The van der Waals surface area contributed by atoms with Gasteiger partial charge in [-0.3, -0.25) is 10.00 Å². The maximum atomic E-state index is 11.9. The lowest BCUT2D eigenvalue weighted by Crippen LogP contribution is -2.21. The molecule has 100 valence electrons. The molecule has 5 nitrogen and oxygen atoms in total. The Morgan fingerprint density at radius 3 is 2.53 bits per heavy atom. The molecule has 1 aromatic heterocycles. The van der Waals surface area contributed by atoms with Gasteiger partial charge in [0.25, 0.3) is 0 Å². The molecule has 0 aliphatic heterocycles. The highest BCUT2D eigenvalue weighted by Crippen LogP contribution is 2.17. The summed E-state index contributed by atoms with van der Waals surface area (Å²) >= 11 is 0. The molecule has 0 radical (unpaired) electrons. The van der Waals surface area contributed by atoms with Crippen molar-refractivity contribution in [2.45, 2.75) is 20.8 Å². The van der Waals surface area contributed by atoms with Gasteiger partial charge in [0.2, 0.25) is 0 Å². The van der Waals surface area contributed by atoms with Crippen molar-refractivity contribution in [3.63, 3.8) is 0 Å². The Balaban J connectivity index is 2.09. The molecule has 0 aliphatic rings. The fourth-order valence-corrected chi connectivity index (χ4v) is 1.87. The molecule has 2 amide bonds. The zero-order chi connectivity index (χ0) is 14.0. The van der Waals surface area contributed by atoms with Crippen molar-refractivity contribution < 1.29 is 4.79 Å². The summed E-state index contributed by atoms with van der Waals surface area (Å²) in [6.45, 7) is 5.84. The van der Waals surface area contributed by atoms with Crippen LogP contribution in [0.2, 0.25) is 0 Å². The van der Waals surface area contributed by atoms with Crippen molar-refractivity contribution >= 4 is 17.5 Å². The minimum Gasteiger partial charge on any atom is -0.307 e. The number of nitrogens with zero attached hydrogens (tertiary/aromatic N) is 2. The third-order valence-corrected chi connectivity index (χ3v) is 2.88. The molecule has 19 heavy (non-hydrogen) atoms. The van der Waals surface area contributed by atoms with Crippen LogP contribution in [0.4, 0.5) is 16.3 Å². The van der Waals surface area contributed by atoms with Gasteiger partial charge in [0.15, 0.2) is 0 Å². The molecule has 0 unspecified atom stereocenters. The number of hydrogen-bond acceptors (Lipinski definition) is 2. The number of nitrogens with one attached hydrogen (secondary N) is 2. The van der Waals surface area contributed by atoms with E-state index in [0.717, 1.165) is 22.5 Å². The summed E-state index contributed by atoms with van der Waals surface area (Å²) in [6.07, 6.45) is 0. The Kier molecular flexibility index (Phi) is 3.55. The highest BCUT2D eigenvalue weighted by atomic mass is 16.2. The molecular formula is C14H18N4O. The zero-order valence-corrected chi connectivity index (χ0v) is 11.6. The Morgan fingerprint density at radius 2 is 1.89 bits per heavy atom. The van der Waals surface area contributed by atoms with Gasteiger partial charge in [-0.15, -0.1) is 0 Å². The Labute approximate surface area is 112 Å². The molecule has 0 aliphatic carbocycles. The van der Waals surface area contributed by atoms with E-state index in [1.807, 2.05) is 45.0 Å². The van der Waals surface area contributed by atoms with Gasteiger partial charge in [-0.2, -0.15) is 5.10 Å². The number of carbonyl (C=O) groups is 1. The minimum absolute atomic E-state index is 0.267. The summed E-state index contributed by atoms with van der Waals surface area (Å²) in [5.41, 5.74) is 3.82. The lowest BCUT2D eigenvalue weighted by atomic mass is 10.1. The number of rotatable bonds is 2. The molecule has 2 rings (SSSR count). The van der Waals surface area contributed by atoms with Crippen LogP contribution in [-0.4, -0.2) is 15.8 Å². The standard InChI is InChI=1S/C14H18N4O/c1-9-5-6-10(2)12(7-9)15-14(19)16-13-8-11(3)17-18(13)4/h5-8H,1-4H3,(H2,15,16,19). The Bertz CT molecular complexity index is 616. The second-order valence-corrected chi connectivity index (χ2v) is 4.69. The highest BCUT2D eigenvalue weighted by molar-refractivity contribution is 5.99. The molecule has 0 spiro atoms. The number of hydrogen-bond donors (Lipinski definition) is 2. The third-order valence-electron chi connectivity index (χ3n) is 2.88. The van der Waals surface area contributed by atoms with Gasteiger partial charge < -0.3 is 5.32 Å². The van der Waals surface area contributed by atoms with Crippen LogP contribution in [0.3, 0.4) is 0 Å². The molecule has 2 N–H and O–H groups in total. The average Bonchev–Trinajstić information content (AvgIpc) is 2.62. The van der Waals surface area contributed by atoms with E-state index < -0.39 is 0 Å². The summed E-state index contributed by atoms with van der Waals surface area (Å²) in [4.78, 5) is 11.9. The van der Waals surface area contributed by atoms with E-state index in [9.17, 15) is 4.79 Å². The molecule has 0 saturated carbocycles. The largest absolute Gasteiger partial charge is 0.324 e. The van der Waals surface area contributed by atoms with Gasteiger partial charge in [0.05, 0.1) is 5.69 Å². The van der Waals surface area contributed by atoms with Crippen LogP contribution >= 0.6 is 0 Å². The molecular weight excluding hydrogens is 240 g/mol. The summed E-state index contributed by atoms with van der Waals surface area (Å²) in [5, 5.41) is 9.80. The second-order valence-electron chi connectivity index (χ2n) is 4.69. The smallest absolute Gasteiger partial charge is 0.307 e. The summed E-state index contributed by atoms with van der Waals surface area (Å²) < 4.78 is 1.64. The van der Waals surface area contributed by atoms with Gasteiger partial charge in [-0.25, -0.2) is 4.79 Å². The Morgan fingerprint density at radius 1 is 1.16 bits per heavy atom. The van der Waals surface area contributed by atoms with E-state index in [4.69, 9.17) is 0 Å². The molecule has 5 heteroatoms. The maximum Gasteiger partial charge on any atom is 0.324 e. The van der Waals surface area contributed by atoms with Crippen LogP contribution in [-0.2, 0) is 7.05 Å². The first kappa shape index (κ1) is 13.1. The topological polar surface area (TPSA) is 59.0 Å². The molecule has 0 fully saturated rings. The first-order chi connectivity index (χ1) is 8.95. The summed E-state index contributed by atoms with van der Waals surface area (Å²) in [6, 6.07) is 7.51. The Hall–Kier alpha value is -2.30. The van der Waals surface area contributed by atoms with Crippen LogP contribution in [0.1, 0.15) is 16.8 Å². The van der Waals surface area contributed by atoms with Crippen LogP contribution in [0.15, 0.2) is 24.3 Å². The number of aromatic nitrogens is 2. The molecule has 0 bridgehead atoms. The maximum absolute atomic E-state index is 11.9. The first-order valence-electron chi connectivity index (χ1n) is 6.11. The number of carbonyl (C=O) groups excluding carboxylic acids is 1. The number of amides is 2. The quantitative estimate of drug-likeness (QED) is 0.870. The first-order valence-corrected chi connectivity index (χ1v) is 6.11. The monoisotopic (exact) mass is 258 g/mol. The van der Waals surface area contributed by atoms with Crippen molar-refractivity contribution in [2.24, 2.45) is 7.05 Å². The van der Waals surface area contributed by atoms with E-state index in [1.165, 1.54) is 0 Å². The lowest BCUT2D eigenvalue weighted by molar-refractivity contribution is 0.262. The average molecular weight is 258 g/mol. The zero-order valence-electron chi connectivity index (χ0n) is 11.6. The predicted molar refractivity (Wildman–Crippen MR) is 76.5 cm³/mol. The van der Waals surface area contributed by atoms with Crippen LogP contribution in [0.25, 0.3) is 0 Å². The van der Waals surface area contributed by atoms with Crippen molar-refractivity contribution in [2.75, 3.05) is 10.6 Å². The van der Waals surface area contributed by atoms with Crippen molar-refractivity contribution in [1.29, 1.82) is 0 Å². The van der Waals surface area contributed by atoms with Gasteiger partial charge in [-0.05, 0) is 38.0 Å². The highest BCUT2D eigenvalue weighted by Gasteiger charge is 2.08. The second kappa shape index (κ2) is 5.14. The predicted octanol–water partition coefficient (Wildman–Crippen LogP) is 2.99. The van der Waals surface area contributed by atoms with Gasteiger partial charge in [-0.1, -0.05) is 12.1 Å². The van der Waals surface area contributed by atoms with E-state index in [1.54, 1.807) is 11.7 Å². The lowest BCUT2D eigenvalue weighted by Gasteiger charge is -2.10. The number of aryl methyl sites for hydroxylation is 4. The minimum atomic E-state index is -0.267. The third kappa shape index (κ3) is 3.13. The fourth-order valence-electron chi connectivity index (χ4n) is 1.87. The molecule has 0 saturated heterocycles. The van der Waals surface area contributed by atoms with E-state index in [2.05, 4.69) is 15.7 Å². The molecule has 0 atom stereocenters. The van der Waals surface area contributed by atoms with Crippen LogP contribution in [0.5, 0.6) is 0 Å². The van der Waals surface area contributed by atoms with Crippen LogP contribution < -0.4 is 10.6 Å². The van der Waals surface area contributed by atoms with Crippen molar-refractivity contribution in [3.05, 3.63) is 41.1 Å². The fraction of sp³-hybridized carbons (Fsp3) is 0.286. The van der Waals surface area contributed by atoms with Crippen LogP contribution in [0, 0.1) is 20.8 Å². The van der Waals surface area contributed by atoms with E-state index in [-0.39, 0.29) is 6.03 Å². The molecule has 2 aromatic rings. The SMILES string of the molecule is Cc1ccc(C)c(NC(=O)Nc2cc(C)nn2C)c1. The van der Waals surface area contributed by atoms with Crippen molar-refractivity contribution in [1.82, 2.24) is 9.78 Å². The van der Waals surface area contributed by atoms with E-state index >= 15 is 0 Å². The molecule has 1 heterocycles. The number of urea groups is 1. The number of benzene rings is 1. The van der Waals surface area contributed by atoms with E-state index in [0.29, 0.717) is 5.82 Å². The number of anilines is 2. The van der Waals surface area contributed by atoms with Gasteiger partial charge in [0.1, 0.15) is 5.82 Å². The summed E-state index contributed by atoms with van der Waals surface area (Å²) in [5.74, 6) is 0.667. The summed E-state index contributed by atoms with van der Waals surface area (Å²) in [7, 11) is 1.79. The van der Waals surface area contributed by atoms with Crippen molar-refractivity contribution in [3.8, 4) is 0 Å². The van der Waals surface area contributed by atoms with Gasteiger partial charge >= 0.3 is 6.03 Å².